The molecule has 0 aliphatic carbocycles. The minimum absolute atomic E-state index is 0.0983. The predicted molar refractivity (Wildman–Crippen MR) is 83.7 cm³/mol. The SMILES string of the molecule is Cc1nc(N2CCN(C(=O)OC(C)(C)C)CC2)ncc1C(=O)O. The molecular weight excluding hydrogens is 300 g/mol. The van der Waals surface area contributed by atoms with E-state index in [1.165, 1.54) is 6.20 Å². The molecule has 2 rings (SSSR count). The summed E-state index contributed by atoms with van der Waals surface area (Å²) >= 11 is 0. The zero-order valence-electron chi connectivity index (χ0n) is 13.9. The van der Waals surface area contributed by atoms with E-state index in [0.29, 0.717) is 37.8 Å². The fraction of sp³-hybridized carbons (Fsp3) is 0.600. The molecule has 0 saturated carbocycles. The van der Waals surface area contributed by atoms with E-state index in [-0.39, 0.29) is 11.7 Å². The van der Waals surface area contributed by atoms with Crippen LogP contribution in [0.5, 0.6) is 0 Å². The molecule has 126 valence electrons. The van der Waals surface area contributed by atoms with Crippen molar-refractivity contribution < 1.29 is 19.4 Å². The average molecular weight is 322 g/mol. The number of aromatic nitrogens is 2. The van der Waals surface area contributed by atoms with E-state index in [0.717, 1.165) is 0 Å². The Morgan fingerprint density at radius 2 is 1.83 bits per heavy atom. The van der Waals surface area contributed by atoms with Gasteiger partial charge in [0, 0.05) is 32.4 Å². The van der Waals surface area contributed by atoms with Gasteiger partial charge in [-0.15, -0.1) is 0 Å². The van der Waals surface area contributed by atoms with Crippen molar-refractivity contribution in [1.29, 1.82) is 0 Å². The minimum Gasteiger partial charge on any atom is -0.478 e. The summed E-state index contributed by atoms with van der Waals surface area (Å²) in [5, 5.41) is 9.00. The molecule has 1 fully saturated rings. The van der Waals surface area contributed by atoms with Crippen LogP contribution in [0.1, 0.15) is 36.8 Å². The largest absolute Gasteiger partial charge is 0.478 e. The maximum Gasteiger partial charge on any atom is 0.410 e. The predicted octanol–water partition coefficient (Wildman–Crippen LogP) is 1.54. The van der Waals surface area contributed by atoms with Crippen molar-refractivity contribution in [3.05, 3.63) is 17.5 Å². The Morgan fingerprint density at radius 1 is 1.22 bits per heavy atom. The molecule has 1 aliphatic heterocycles. The molecule has 0 atom stereocenters. The highest BCUT2D eigenvalue weighted by molar-refractivity contribution is 5.88. The fourth-order valence-corrected chi connectivity index (χ4v) is 2.23. The number of amides is 1. The van der Waals surface area contributed by atoms with Crippen LogP contribution in [-0.4, -0.2) is 63.8 Å². The van der Waals surface area contributed by atoms with Gasteiger partial charge in [-0.05, 0) is 27.7 Å². The minimum atomic E-state index is -1.04. The molecule has 8 nitrogen and oxygen atoms in total. The average Bonchev–Trinajstić information content (AvgIpc) is 2.45. The van der Waals surface area contributed by atoms with Crippen molar-refractivity contribution in [3.63, 3.8) is 0 Å². The van der Waals surface area contributed by atoms with E-state index in [1.54, 1.807) is 11.8 Å². The van der Waals surface area contributed by atoms with Crippen molar-refractivity contribution >= 4 is 18.0 Å². The Kier molecular flexibility index (Phi) is 4.72. The number of piperazine rings is 1. The first kappa shape index (κ1) is 17.0. The van der Waals surface area contributed by atoms with Crippen LogP contribution in [0.3, 0.4) is 0 Å². The quantitative estimate of drug-likeness (QED) is 0.882. The second-order valence-electron chi connectivity index (χ2n) is 6.43. The van der Waals surface area contributed by atoms with Gasteiger partial charge in [-0.2, -0.15) is 0 Å². The molecular formula is C15H22N4O4. The molecule has 1 aromatic rings. The molecule has 1 aliphatic rings. The first-order valence-electron chi connectivity index (χ1n) is 7.47. The number of carboxylic acid groups (broad SMARTS) is 1. The highest BCUT2D eigenvalue weighted by Gasteiger charge is 2.27. The zero-order valence-corrected chi connectivity index (χ0v) is 13.9. The first-order valence-corrected chi connectivity index (χ1v) is 7.47. The monoisotopic (exact) mass is 322 g/mol. The number of ether oxygens (including phenoxy) is 1. The third kappa shape index (κ3) is 4.30. The van der Waals surface area contributed by atoms with Gasteiger partial charge in [0.25, 0.3) is 0 Å². The topological polar surface area (TPSA) is 95.9 Å². The van der Waals surface area contributed by atoms with Crippen LogP contribution in [0.4, 0.5) is 10.7 Å². The number of carboxylic acids is 1. The summed E-state index contributed by atoms with van der Waals surface area (Å²) in [4.78, 5) is 35.0. The molecule has 0 bridgehead atoms. The van der Waals surface area contributed by atoms with Gasteiger partial charge >= 0.3 is 12.1 Å². The standard InChI is InChI=1S/C15H22N4O4/c1-10-11(12(20)21)9-16-13(17-10)18-5-7-19(8-6-18)14(22)23-15(2,3)4/h9H,5-8H2,1-4H3,(H,20,21). The number of hydrogen-bond donors (Lipinski definition) is 1. The highest BCUT2D eigenvalue weighted by Crippen LogP contribution is 2.16. The van der Waals surface area contributed by atoms with Gasteiger partial charge in [0.15, 0.2) is 0 Å². The fourth-order valence-electron chi connectivity index (χ4n) is 2.23. The maximum absolute atomic E-state index is 12.0. The Labute approximate surface area is 135 Å². The van der Waals surface area contributed by atoms with Crippen molar-refractivity contribution in [2.75, 3.05) is 31.1 Å². The van der Waals surface area contributed by atoms with Crippen molar-refractivity contribution in [3.8, 4) is 0 Å². The number of carbonyl (C=O) groups is 2. The number of aryl methyl sites for hydroxylation is 1. The van der Waals surface area contributed by atoms with E-state index < -0.39 is 11.6 Å². The third-order valence-corrected chi connectivity index (χ3v) is 3.41. The summed E-state index contributed by atoms with van der Waals surface area (Å²) in [5.41, 5.74) is 0.0133. The Morgan fingerprint density at radius 3 is 2.30 bits per heavy atom. The summed E-state index contributed by atoms with van der Waals surface area (Å²) in [6.45, 7) is 9.32. The molecule has 23 heavy (non-hydrogen) atoms. The molecule has 0 unspecified atom stereocenters. The summed E-state index contributed by atoms with van der Waals surface area (Å²) in [7, 11) is 0. The molecule has 1 saturated heterocycles. The van der Waals surface area contributed by atoms with Crippen LogP contribution in [-0.2, 0) is 4.74 Å². The smallest absolute Gasteiger partial charge is 0.410 e. The van der Waals surface area contributed by atoms with Crippen molar-refractivity contribution in [1.82, 2.24) is 14.9 Å². The normalized spacial score (nSPS) is 15.5. The number of rotatable bonds is 2. The van der Waals surface area contributed by atoms with Gasteiger partial charge < -0.3 is 19.6 Å². The molecule has 8 heteroatoms. The lowest BCUT2D eigenvalue weighted by molar-refractivity contribution is 0.0239. The van der Waals surface area contributed by atoms with Gasteiger partial charge in [0.2, 0.25) is 5.95 Å². The van der Waals surface area contributed by atoms with E-state index in [1.807, 2.05) is 25.7 Å². The second kappa shape index (κ2) is 6.39. The molecule has 2 heterocycles. The van der Waals surface area contributed by atoms with E-state index in [9.17, 15) is 9.59 Å². The Hall–Kier alpha value is -2.38. The lowest BCUT2D eigenvalue weighted by atomic mass is 10.2. The number of nitrogens with zero attached hydrogens (tertiary/aromatic N) is 4. The third-order valence-electron chi connectivity index (χ3n) is 3.41. The van der Waals surface area contributed by atoms with Crippen LogP contribution in [0.25, 0.3) is 0 Å². The number of anilines is 1. The van der Waals surface area contributed by atoms with Gasteiger partial charge in [0.1, 0.15) is 5.60 Å². The van der Waals surface area contributed by atoms with Crippen LogP contribution < -0.4 is 4.90 Å². The van der Waals surface area contributed by atoms with Crippen molar-refractivity contribution in [2.45, 2.75) is 33.3 Å². The lowest BCUT2D eigenvalue weighted by Gasteiger charge is -2.35. The van der Waals surface area contributed by atoms with Gasteiger partial charge in [0.05, 0.1) is 11.3 Å². The summed E-state index contributed by atoms with van der Waals surface area (Å²) in [6, 6.07) is 0. The summed E-state index contributed by atoms with van der Waals surface area (Å²) < 4.78 is 5.35. The molecule has 1 N–H and O–H groups in total. The Balaban J connectivity index is 1.98. The van der Waals surface area contributed by atoms with Crippen molar-refractivity contribution in [2.24, 2.45) is 0 Å². The second-order valence-corrected chi connectivity index (χ2v) is 6.43. The molecule has 0 spiro atoms. The summed E-state index contributed by atoms with van der Waals surface area (Å²) in [6.07, 6.45) is 0.996. The lowest BCUT2D eigenvalue weighted by Crippen LogP contribution is -2.50. The van der Waals surface area contributed by atoms with E-state index in [4.69, 9.17) is 9.84 Å². The molecule has 1 aromatic heterocycles. The number of hydrogen-bond acceptors (Lipinski definition) is 6. The Bertz CT molecular complexity index is 604. The van der Waals surface area contributed by atoms with Crippen LogP contribution in [0.2, 0.25) is 0 Å². The van der Waals surface area contributed by atoms with Crippen LogP contribution >= 0.6 is 0 Å². The van der Waals surface area contributed by atoms with Gasteiger partial charge in [-0.25, -0.2) is 19.6 Å². The maximum atomic E-state index is 12.0. The van der Waals surface area contributed by atoms with Crippen LogP contribution in [0.15, 0.2) is 6.20 Å². The van der Waals surface area contributed by atoms with E-state index >= 15 is 0 Å². The molecule has 1 amide bonds. The number of carbonyl (C=O) groups excluding carboxylic acids is 1. The van der Waals surface area contributed by atoms with Crippen LogP contribution in [0, 0.1) is 6.92 Å². The van der Waals surface area contributed by atoms with Gasteiger partial charge in [-0.1, -0.05) is 0 Å². The zero-order chi connectivity index (χ0) is 17.2. The highest BCUT2D eigenvalue weighted by atomic mass is 16.6. The summed E-state index contributed by atoms with van der Waals surface area (Å²) in [5.74, 6) is -0.555. The molecule has 0 aromatic carbocycles. The van der Waals surface area contributed by atoms with E-state index in [2.05, 4.69) is 9.97 Å². The molecule has 0 radical (unpaired) electrons. The number of aromatic carboxylic acids is 1. The first-order chi connectivity index (χ1) is 10.7. The van der Waals surface area contributed by atoms with Gasteiger partial charge in [-0.3, -0.25) is 0 Å².